The van der Waals surface area contributed by atoms with Crippen LogP contribution in [0.5, 0.6) is 0 Å². The van der Waals surface area contributed by atoms with Gasteiger partial charge in [0.1, 0.15) is 10.7 Å². The van der Waals surface area contributed by atoms with Crippen LogP contribution in [-0.2, 0) is 10.0 Å². The zero-order valence-corrected chi connectivity index (χ0v) is 13.5. The summed E-state index contributed by atoms with van der Waals surface area (Å²) in [6.07, 6.45) is 3.23. The lowest BCUT2D eigenvalue weighted by Gasteiger charge is -2.07. The van der Waals surface area contributed by atoms with Crippen LogP contribution in [-0.4, -0.2) is 22.4 Å². The highest BCUT2D eigenvalue weighted by molar-refractivity contribution is 7.90. The molecule has 0 unspecified atom stereocenters. The molecule has 23 heavy (non-hydrogen) atoms. The Hall–Kier alpha value is -2.51. The van der Waals surface area contributed by atoms with Crippen LogP contribution in [0.4, 0.5) is 0 Å². The van der Waals surface area contributed by atoms with Crippen molar-refractivity contribution >= 4 is 32.4 Å². The Morgan fingerprint density at radius 3 is 2.57 bits per heavy atom. The number of hydrogen-bond donors (Lipinski definition) is 0. The molecule has 0 atom stereocenters. The summed E-state index contributed by atoms with van der Waals surface area (Å²) in [5, 5.41) is 3.39. The molecule has 0 bridgehead atoms. The molecule has 0 N–H and O–H groups in total. The maximum atomic E-state index is 12.8. The lowest BCUT2D eigenvalue weighted by atomic mass is 10.3. The summed E-state index contributed by atoms with van der Waals surface area (Å²) in [5.41, 5.74) is 1.07. The molecule has 4 rings (SSSR count). The van der Waals surface area contributed by atoms with Crippen LogP contribution in [0, 0.1) is 0 Å². The first-order valence-electron chi connectivity index (χ1n) is 6.85. The molecule has 4 aromatic rings. The average molecular weight is 341 g/mol. The molecule has 0 saturated heterocycles. The van der Waals surface area contributed by atoms with Gasteiger partial charge in [0.25, 0.3) is 10.0 Å². The van der Waals surface area contributed by atoms with Gasteiger partial charge in [-0.2, -0.15) is 0 Å². The summed E-state index contributed by atoms with van der Waals surface area (Å²) < 4.78 is 26.9. The van der Waals surface area contributed by atoms with Crippen molar-refractivity contribution in [3.63, 3.8) is 0 Å². The monoisotopic (exact) mass is 341 g/mol. The van der Waals surface area contributed by atoms with Gasteiger partial charge in [0.05, 0.1) is 4.90 Å². The van der Waals surface area contributed by atoms with Crippen molar-refractivity contribution in [1.82, 2.24) is 13.9 Å². The van der Waals surface area contributed by atoms with Crippen LogP contribution >= 0.6 is 11.3 Å². The quantitative estimate of drug-likeness (QED) is 0.573. The van der Waals surface area contributed by atoms with E-state index < -0.39 is 10.0 Å². The standard InChI is InChI=1S/C16H11N3O2S2/c20-23(21,13-4-2-1-3-5-13)19-10-8-12-6-7-14(18-15(12)19)16-17-9-11-22-16/h1-11H. The molecule has 0 spiro atoms. The van der Waals surface area contributed by atoms with E-state index in [1.807, 2.05) is 17.5 Å². The number of pyridine rings is 1. The van der Waals surface area contributed by atoms with Crippen LogP contribution in [0.2, 0.25) is 0 Å². The van der Waals surface area contributed by atoms with Crippen molar-refractivity contribution in [2.24, 2.45) is 0 Å². The van der Waals surface area contributed by atoms with Crippen LogP contribution in [0.15, 0.2) is 71.2 Å². The van der Waals surface area contributed by atoms with Crippen molar-refractivity contribution in [3.05, 3.63) is 66.3 Å². The summed E-state index contributed by atoms with van der Waals surface area (Å²) >= 11 is 1.46. The van der Waals surface area contributed by atoms with E-state index in [9.17, 15) is 8.42 Å². The fourth-order valence-corrected chi connectivity index (χ4v) is 4.28. The van der Waals surface area contributed by atoms with E-state index >= 15 is 0 Å². The summed E-state index contributed by atoms with van der Waals surface area (Å²) in [7, 11) is -3.67. The third kappa shape index (κ3) is 2.34. The predicted molar refractivity (Wildman–Crippen MR) is 89.9 cm³/mol. The van der Waals surface area contributed by atoms with E-state index in [0.29, 0.717) is 11.3 Å². The molecule has 1 aromatic carbocycles. The Balaban J connectivity index is 1.93. The Bertz CT molecular complexity index is 1070. The van der Waals surface area contributed by atoms with E-state index in [-0.39, 0.29) is 4.90 Å². The first kappa shape index (κ1) is 14.1. The molecular formula is C16H11N3O2S2. The topological polar surface area (TPSA) is 64.8 Å². The molecular weight excluding hydrogens is 330 g/mol. The Morgan fingerprint density at radius 2 is 1.83 bits per heavy atom. The lowest BCUT2D eigenvalue weighted by Crippen LogP contribution is -2.12. The minimum atomic E-state index is -3.67. The number of benzene rings is 1. The van der Waals surface area contributed by atoms with Crippen molar-refractivity contribution < 1.29 is 8.42 Å². The van der Waals surface area contributed by atoms with Crippen molar-refractivity contribution in [2.45, 2.75) is 4.90 Å². The highest BCUT2D eigenvalue weighted by atomic mass is 32.2. The van der Waals surface area contributed by atoms with Gasteiger partial charge >= 0.3 is 0 Å². The molecule has 0 amide bonds. The first-order chi connectivity index (χ1) is 11.2. The summed E-state index contributed by atoms with van der Waals surface area (Å²) in [6.45, 7) is 0. The van der Waals surface area contributed by atoms with Gasteiger partial charge in [-0.15, -0.1) is 11.3 Å². The number of hydrogen-bond acceptors (Lipinski definition) is 5. The SMILES string of the molecule is O=S(=O)(c1ccccc1)n1ccc2ccc(-c3nccs3)nc21. The fourth-order valence-electron chi connectivity index (χ4n) is 2.35. The number of aromatic nitrogens is 3. The molecule has 0 aliphatic rings. The maximum Gasteiger partial charge on any atom is 0.269 e. The molecule has 0 saturated carbocycles. The highest BCUT2D eigenvalue weighted by Gasteiger charge is 2.19. The van der Waals surface area contributed by atoms with Crippen LogP contribution < -0.4 is 0 Å². The van der Waals surface area contributed by atoms with Gasteiger partial charge in [-0.1, -0.05) is 18.2 Å². The Morgan fingerprint density at radius 1 is 1.00 bits per heavy atom. The number of rotatable bonds is 3. The number of nitrogens with zero attached hydrogens (tertiary/aromatic N) is 3. The summed E-state index contributed by atoms with van der Waals surface area (Å²) in [4.78, 5) is 8.96. The van der Waals surface area contributed by atoms with E-state index in [1.165, 1.54) is 21.5 Å². The van der Waals surface area contributed by atoms with E-state index in [2.05, 4.69) is 9.97 Å². The second-order valence-electron chi connectivity index (χ2n) is 4.88. The minimum absolute atomic E-state index is 0.235. The highest BCUT2D eigenvalue weighted by Crippen LogP contribution is 2.25. The molecule has 5 nitrogen and oxygen atoms in total. The summed E-state index contributed by atoms with van der Waals surface area (Å²) in [5.74, 6) is 0. The third-order valence-electron chi connectivity index (χ3n) is 3.46. The Kier molecular flexibility index (Phi) is 3.24. The predicted octanol–water partition coefficient (Wildman–Crippen LogP) is 3.40. The largest absolute Gasteiger partial charge is 0.269 e. The zero-order chi connectivity index (χ0) is 15.9. The number of fused-ring (bicyclic) bond motifs is 1. The molecule has 0 aliphatic carbocycles. The van der Waals surface area contributed by atoms with Crippen LogP contribution in [0.3, 0.4) is 0 Å². The van der Waals surface area contributed by atoms with Crippen molar-refractivity contribution in [2.75, 3.05) is 0 Å². The van der Waals surface area contributed by atoms with E-state index in [0.717, 1.165) is 10.4 Å². The molecule has 3 heterocycles. The van der Waals surface area contributed by atoms with Gasteiger partial charge < -0.3 is 0 Å². The van der Waals surface area contributed by atoms with Gasteiger partial charge in [0, 0.05) is 23.2 Å². The number of thiazole rings is 1. The van der Waals surface area contributed by atoms with Crippen LogP contribution in [0.1, 0.15) is 0 Å². The van der Waals surface area contributed by atoms with Gasteiger partial charge in [0.15, 0.2) is 5.65 Å². The van der Waals surface area contributed by atoms with E-state index in [4.69, 9.17) is 0 Å². The van der Waals surface area contributed by atoms with Crippen molar-refractivity contribution in [3.8, 4) is 10.7 Å². The molecule has 114 valence electrons. The van der Waals surface area contributed by atoms with E-state index in [1.54, 1.807) is 42.6 Å². The Labute approximate surface area is 136 Å². The molecule has 3 aromatic heterocycles. The normalized spacial score (nSPS) is 11.8. The third-order valence-corrected chi connectivity index (χ3v) is 5.93. The maximum absolute atomic E-state index is 12.8. The first-order valence-corrected chi connectivity index (χ1v) is 9.17. The zero-order valence-electron chi connectivity index (χ0n) is 11.8. The average Bonchev–Trinajstić information content (AvgIpc) is 3.25. The van der Waals surface area contributed by atoms with Gasteiger partial charge in [-0.25, -0.2) is 22.4 Å². The summed E-state index contributed by atoms with van der Waals surface area (Å²) in [6, 6.07) is 13.8. The smallest absolute Gasteiger partial charge is 0.243 e. The fraction of sp³-hybridized carbons (Fsp3) is 0. The second kappa shape index (κ2) is 5.29. The molecule has 0 radical (unpaired) electrons. The van der Waals surface area contributed by atoms with Crippen LogP contribution in [0.25, 0.3) is 21.7 Å². The van der Waals surface area contributed by atoms with Gasteiger partial charge in [-0.3, -0.25) is 0 Å². The van der Waals surface area contributed by atoms with Crippen molar-refractivity contribution in [1.29, 1.82) is 0 Å². The van der Waals surface area contributed by atoms with Gasteiger partial charge in [-0.05, 0) is 30.3 Å². The minimum Gasteiger partial charge on any atom is -0.243 e. The molecule has 0 fully saturated rings. The second-order valence-corrected chi connectivity index (χ2v) is 7.59. The van der Waals surface area contributed by atoms with Gasteiger partial charge in [0.2, 0.25) is 0 Å². The molecule has 7 heteroatoms. The lowest BCUT2D eigenvalue weighted by molar-refractivity contribution is 0.589. The molecule has 0 aliphatic heterocycles.